The number of aromatic nitrogens is 2. The molecule has 0 aliphatic carbocycles. The second-order valence-electron chi connectivity index (χ2n) is 4.99. The molecule has 0 fully saturated rings. The first kappa shape index (κ1) is 16.1. The molecule has 2 heterocycles. The van der Waals surface area contributed by atoms with Gasteiger partial charge in [-0.25, -0.2) is 9.78 Å². The fraction of sp³-hybridized carbons (Fsp3) is 0.188. The van der Waals surface area contributed by atoms with Gasteiger partial charge in [0.15, 0.2) is 12.3 Å². The van der Waals surface area contributed by atoms with E-state index in [1.807, 2.05) is 0 Å². The van der Waals surface area contributed by atoms with Crippen LogP contribution in [0.15, 0.2) is 45.7 Å². The summed E-state index contributed by atoms with van der Waals surface area (Å²) in [7, 11) is 0. The standard InChI is InChI=1S/C16H13ClN2O5/c1-10-6-14-18-12(7-15(20)19(14)24-10)8-23-16(21)9-22-13-4-2-11(17)3-5-13/h2-7H,8-9H2,1H3. The Labute approximate surface area is 141 Å². The Morgan fingerprint density at radius 3 is 2.79 bits per heavy atom. The fourth-order valence-electron chi connectivity index (χ4n) is 2.02. The highest BCUT2D eigenvalue weighted by Gasteiger charge is 2.10. The highest BCUT2D eigenvalue weighted by Crippen LogP contribution is 2.15. The molecule has 0 radical (unpaired) electrons. The lowest BCUT2D eigenvalue weighted by molar-refractivity contribution is -0.147. The number of benzene rings is 1. The van der Waals surface area contributed by atoms with Crippen LogP contribution in [-0.2, 0) is 16.1 Å². The van der Waals surface area contributed by atoms with Crippen LogP contribution >= 0.6 is 11.6 Å². The van der Waals surface area contributed by atoms with Gasteiger partial charge in [-0.1, -0.05) is 11.6 Å². The van der Waals surface area contributed by atoms with Crippen LogP contribution in [0.5, 0.6) is 5.75 Å². The highest BCUT2D eigenvalue weighted by atomic mass is 35.5. The van der Waals surface area contributed by atoms with Crippen LogP contribution < -0.4 is 10.3 Å². The van der Waals surface area contributed by atoms with Crippen molar-refractivity contribution in [2.75, 3.05) is 6.61 Å². The molecule has 3 rings (SSSR count). The average Bonchev–Trinajstić information content (AvgIpc) is 2.93. The molecule has 8 heteroatoms. The number of fused-ring (bicyclic) bond motifs is 1. The van der Waals surface area contributed by atoms with Crippen LogP contribution in [0.2, 0.25) is 5.02 Å². The molecular weight excluding hydrogens is 336 g/mol. The largest absolute Gasteiger partial charge is 0.482 e. The molecule has 3 aromatic rings. The van der Waals surface area contributed by atoms with E-state index in [4.69, 9.17) is 25.6 Å². The first-order valence-corrected chi connectivity index (χ1v) is 7.43. The van der Waals surface area contributed by atoms with Gasteiger partial charge in [0.25, 0.3) is 5.56 Å². The quantitative estimate of drug-likeness (QED) is 0.658. The minimum absolute atomic E-state index is 0.126. The second kappa shape index (κ2) is 6.76. The van der Waals surface area contributed by atoms with Gasteiger partial charge in [0.05, 0.1) is 5.69 Å². The molecule has 0 atom stereocenters. The van der Waals surface area contributed by atoms with Crippen LogP contribution in [0, 0.1) is 6.92 Å². The summed E-state index contributed by atoms with van der Waals surface area (Å²) in [6.45, 7) is 1.33. The van der Waals surface area contributed by atoms with E-state index in [0.717, 1.165) is 4.57 Å². The third kappa shape index (κ3) is 3.75. The molecule has 0 amide bonds. The van der Waals surface area contributed by atoms with E-state index in [1.165, 1.54) is 6.07 Å². The van der Waals surface area contributed by atoms with E-state index < -0.39 is 5.97 Å². The number of ether oxygens (including phenoxy) is 2. The zero-order chi connectivity index (χ0) is 17.1. The van der Waals surface area contributed by atoms with E-state index in [0.29, 0.717) is 27.9 Å². The number of aryl methyl sites for hydroxylation is 1. The molecule has 0 aliphatic heterocycles. The Bertz CT molecular complexity index is 930. The van der Waals surface area contributed by atoms with E-state index >= 15 is 0 Å². The van der Waals surface area contributed by atoms with Crippen LogP contribution in [0.25, 0.3) is 5.65 Å². The number of carbonyl (C=O) groups is 1. The lowest BCUT2D eigenvalue weighted by atomic mass is 10.3. The highest BCUT2D eigenvalue weighted by molar-refractivity contribution is 6.30. The van der Waals surface area contributed by atoms with Crippen molar-refractivity contribution >= 4 is 23.2 Å². The Hall–Kier alpha value is -2.80. The minimum atomic E-state index is -0.574. The summed E-state index contributed by atoms with van der Waals surface area (Å²) in [5, 5.41) is 0.576. The Morgan fingerprint density at radius 2 is 2.04 bits per heavy atom. The molecule has 0 saturated carbocycles. The van der Waals surface area contributed by atoms with Crippen molar-refractivity contribution < 1.29 is 18.8 Å². The van der Waals surface area contributed by atoms with Crippen LogP contribution in [0.3, 0.4) is 0 Å². The maximum Gasteiger partial charge on any atom is 0.344 e. The Kier molecular flexibility index (Phi) is 4.52. The number of rotatable bonds is 5. The summed E-state index contributed by atoms with van der Waals surface area (Å²) in [4.78, 5) is 27.7. The van der Waals surface area contributed by atoms with Gasteiger partial charge < -0.3 is 14.0 Å². The van der Waals surface area contributed by atoms with Crippen molar-refractivity contribution in [2.45, 2.75) is 13.5 Å². The minimum Gasteiger partial charge on any atom is -0.482 e. The van der Waals surface area contributed by atoms with Gasteiger partial charge in [-0.2, -0.15) is 0 Å². The van der Waals surface area contributed by atoms with Crippen molar-refractivity contribution in [3.8, 4) is 5.75 Å². The van der Waals surface area contributed by atoms with Crippen LogP contribution in [-0.4, -0.2) is 22.1 Å². The second-order valence-corrected chi connectivity index (χ2v) is 5.42. The van der Waals surface area contributed by atoms with Crippen molar-refractivity contribution in [2.24, 2.45) is 0 Å². The summed E-state index contributed by atoms with van der Waals surface area (Å²) >= 11 is 5.76. The zero-order valence-electron chi connectivity index (χ0n) is 12.7. The monoisotopic (exact) mass is 348 g/mol. The van der Waals surface area contributed by atoms with Gasteiger partial charge in [-0.15, -0.1) is 4.57 Å². The number of nitrogens with zero attached hydrogens (tertiary/aromatic N) is 2. The molecule has 0 N–H and O–H groups in total. The molecule has 1 aromatic carbocycles. The molecule has 0 bridgehead atoms. The third-order valence-corrected chi connectivity index (χ3v) is 3.33. The SMILES string of the molecule is Cc1cc2nc(COC(=O)COc3ccc(Cl)cc3)cc(=O)n2o1. The Balaban J connectivity index is 1.58. The summed E-state index contributed by atoms with van der Waals surface area (Å²) in [5.41, 5.74) is 0.320. The summed E-state index contributed by atoms with van der Waals surface area (Å²) in [6, 6.07) is 9.48. The van der Waals surface area contributed by atoms with Gasteiger partial charge >= 0.3 is 5.97 Å². The molecule has 2 aromatic heterocycles. The van der Waals surface area contributed by atoms with E-state index in [2.05, 4.69) is 4.98 Å². The topological polar surface area (TPSA) is 83.0 Å². The van der Waals surface area contributed by atoms with Gasteiger partial charge in [0.2, 0.25) is 0 Å². The molecule has 0 spiro atoms. The molecular formula is C16H13ClN2O5. The van der Waals surface area contributed by atoms with Gasteiger partial charge in [0.1, 0.15) is 18.1 Å². The first-order chi connectivity index (χ1) is 11.5. The summed E-state index contributed by atoms with van der Waals surface area (Å²) in [5.74, 6) is 0.489. The van der Waals surface area contributed by atoms with E-state index in [1.54, 1.807) is 37.3 Å². The van der Waals surface area contributed by atoms with Crippen molar-refractivity contribution in [1.82, 2.24) is 9.56 Å². The molecule has 0 saturated heterocycles. The average molecular weight is 349 g/mol. The maximum absolute atomic E-state index is 11.8. The predicted octanol–water partition coefficient (Wildman–Crippen LogP) is 2.37. The summed E-state index contributed by atoms with van der Waals surface area (Å²) in [6.07, 6.45) is 0. The molecule has 24 heavy (non-hydrogen) atoms. The molecule has 124 valence electrons. The van der Waals surface area contributed by atoms with Crippen LogP contribution in [0.1, 0.15) is 11.5 Å². The Morgan fingerprint density at radius 1 is 1.29 bits per heavy atom. The lowest BCUT2D eigenvalue weighted by Crippen LogP contribution is -2.17. The predicted molar refractivity (Wildman–Crippen MR) is 85.2 cm³/mol. The van der Waals surface area contributed by atoms with E-state index in [-0.39, 0.29) is 18.8 Å². The number of halogens is 1. The normalized spacial score (nSPS) is 10.8. The van der Waals surface area contributed by atoms with Crippen molar-refractivity contribution in [3.05, 3.63) is 63.2 Å². The van der Waals surface area contributed by atoms with Gasteiger partial charge in [0, 0.05) is 17.2 Å². The van der Waals surface area contributed by atoms with Crippen LogP contribution in [0.4, 0.5) is 0 Å². The number of carbonyl (C=O) groups excluding carboxylic acids is 1. The van der Waals surface area contributed by atoms with Crippen molar-refractivity contribution in [1.29, 1.82) is 0 Å². The number of hydrogen-bond acceptors (Lipinski definition) is 6. The zero-order valence-corrected chi connectivity index (χ0v) is 13.4. The molecule has 0 unspecified atom stereocenters. The number of esters is 1. The summed E-state index contributed by atoms with van der Waals surface area (Å²) < 4.78 is 16.6. The molecule has 0 aliphatic rings. The van der Waals surface area contributed by atoms with Gasteiger partial charge in [-0.05, 0) is 31.2 Å². The molecule has 7 nitrogen and oxygen atoms in total. The third-order valence-electron chi connectivity index (χ3n) is 3.08. The van der Waals surface area contributed by atoms with Crippen molar-refractivity contribution in [3.63, 3.8) is 0 Å². The fourth-order valence-corrected chi connectivity index (χ4v) is 2.14. The van der Waals surface area contributed by atoms with E-state index in [9.17, 15) is 9.59 Å². The smallest absolute Gasteiger partial charge is 0.344 e. The first-order valence-electron chi connectivity index (χ1n) is 7.05. The maximum atomic E-state index is 11.8. The van der Waals surface area contributed by atoms with Gasteiger partial charge in [-0.3, -0.25) is 4.79 Å². The number of hydrogen-bond donors (Lipinski definition) is 0. The lowest BCUT2D eigenvalue weighted by Gasteiger charge is -2.07.